The third-order valence-electron chi connectivity index (χ3n) is 8.91. The fourth-order valence-electron chi connectivity index (χ4n) is 8.05. The maximum atomic E-state index is 12.3. The van der Waals surface area contributed by atoms with Crippen molar-refractivity contribution in [3.05, 3.63) is 28.8 Å². The van der Waals surface area contributed by atoms with Crippen LogP contribution in [-0.2, 0) is 11.8 Å². The average molecular weight is 382 g/mol. The number of aliphatic hydroxyl groups excluding tert-OH is 1. The third kappa shape index (κ3) is 1.53. The van der Waals surface area contributed by atoms with Crippen molar-refractivity contribution in [1.29, 1.82) is 0 Å². The molecule has 6 aliphatic rings. The molecule has 148 valence electrons. The van der Waals surface area contributed by atoms with Gasteiger partial charge in [0.05, 0.1) is 22.7 Å². The van der Waals surface area contributed by atoms with Crippen molar-refractivity contribution < 1.29 is 19.7 Å². The number of aliphatic hydroxyl groups is 2. The van der Waals surface area contributed by atoms with Crippen LogP contribution in [0.2, 0.25) is 0 Å². The quantitative estimate of drug-likeness (QED) is 0.716. The lowest BCUT2D eigenvalue weighted by atomic mass is 9.57. The maximum absolute atomic E-state index is 12.3. The number of ether oxygens (including phenoxy) is 1. The van der Waals surface area contributed by atoms with Crippen LogP contribution in [0.3, 0.4) is 0 Å². The Hall–Kier alpha value is -1.63. The van der Waals surface area contributed by atoms with E-state index in [2.05, 4.69) is 4.90 Å². The molecule has 1 amide bonds. The molecule has 2 heterocycles. The molecule has 2 bridgehead atoms. The van der Waals surface area contributed by atoms with Gasteiger partial charge in [0.15, 0.2) is 0 Å². The van der Waals surface area contributed by atoms with E-state index in [-0.39, 0.29) is 11.5 Å². The van der Waals surface area contributed by atoms with Gasteiger partial charge in [-0.25, -0.2) is 0 Å². The zero-order valence-electron chi connectivity index (χ0n) is 15.9. The number of nitrogens with zero attached hydrogens (tertiary/aromatic N) is 1. The maximum Gasteiger partial charge on any atom is 0.252 e. The molecule has 1 aromatic carbocycles. The van der Waals surface area contributed by atoms with Gasteiger partial charge in [-0.3, -0.25) is 9.69 Å². The Bertz CT molecular complexity index is 945. The first-order valence-corrected chi connectivity index (χ1v) is 10.7. The smallest absolute Gasteiger partial charge is 0.252 e. The number of nitrogens with two attached hydrogens (primary N) is 1. The Morgan fingerprint density at radius 2 is 2.14 bits per heavy atom. The summed E-state index contributed by atoms with van der Waals surface area (Å²) in [5.74, 6) is 0.796. The van der Waals surface area contributed by atoms with E-state index in [0.29, 0.717) is 24.2 Å². The number of amides is 1. The number of hydrogen-bond acceptors (Lipinski definition) is 5. The molecule has 1 saturated heterocycles. The number of benzene rings is 1. The molecule has 28 heavy (non-hydrogen) atoms. The number of hydrogen-bond donors (Lipinski definition) is 3. The molecule has 6 nitrogen and oxygen atoms in total. The molecule has 0 radical (unpaired) electrons. The first-order chi connectivity index (χ1) is 13.4. The van der Waals surface area contributed by atoms with E-state index in [1.165, 1.54) is 18.4 Å². The van der Waals surface area contributed by atoms with Gasteiger partial charge in [-0.15, -0.1) is 0 Å². The van der Waals surface area contributed by atoms with E-state index < -0.39 is 29.1 Å². The fourth-order valence-corrected chi connectivity index (χ4v) is 8.05. The Morgan fingerprint density at radius 3 is 2.89 bits per heavy atom. The minimum absolute atomic E-state index is 0.0537. The van der Waals surface area contributed by atoms with E-state index in [4.69, 9.17) is 10.5 Å². The van der Waals surface area contributed by atoms with Crippen LogP contribution >= 0.6 is 0 Å². The highest BCUT2D eigenvalue weighted by molar-refractivity contribution is 5.97. The Balaban J connectivity index is 1.47. The molecule has 7 rings (SSSR count). The molecule has 4 fully saturated rings. The van der Waals surface area contributed by atoms with E-state index in [9.17, 15) is 15.0 Å². The lowest BCUT2D eigenvalue weighted by Crippen LogP contribution is -2.72. The van der Waals surface area contributed by atoms with Crippen molar-refractivity contribution in [2.24, 2.45) is 17.1 Å². The molecule has 2 aliphatic heterocycles. The monoisotopic (exact) mass is 382 g/mol. The molecule has 4 N–H and O–H groups in total. The van der Waals surface area contributed by atoms with Crippen LogP contribution in [0.1, 0.15) is 53.6 Å². The minimum atomic E-state index is -0.920. The van der Waals surface area contributed by atoms with Gasteiger partial charge in [0.25, 0.3) is 5.91 Å². The molecule has 1 aromatic rings. The standard InChI is InChI=1S/C22H26N2O4/c23-18(26)13-4-3-12-7-20-9-21-15(12)16(13)28-17(21)14(25)5-6-22(21,27)19(20)24(10-20)8-11-1-2-11/h3-4,11,14,17,19,25,27H,1-2,5-10H2,(H2,23,26). The normalized spacial score (nSPS) is 47.1. The van der Waals surface area contributed by atoms with E-state index in [1.807, 2.05) is 6.07 Å². The van der Waals surface area contributed by atoms with Crippen molar-refractivity contribution in [3.8, 4) is 5.75 Å². The Morgan fingerprint density at radius 1 is 1.32 bits per heavy atom. The molecule has 4 aliphatic carbocycles. The predicted octanol–water partition coefficient (Wildman–Crippen LogP) is 0.710. The average Bonchev–Trinajstić information content (AvgIpc) is 3.35. The summed E-state index contributed by atoms with van der Waals surface area (Å²) >= 11 is 0. The highest BCUT2D eigenvalue weighted by atomic mass is 16.5. The number of likely N-dealkylation sites (tertiary alicyclic amines) is 1. The summed E-state index contributed by atoms with van der Waals surface area (Å²) in [5, 5.41) is 23.2. The molecule has 6 unspecified atom stereocenters. The summed E-state index contributed by atoms with van der Waals surface area (Å²) in [4.78, 5) is 14.6. The van der Waals surface area contributed by atoms with Crippen LogP contribution in [0.5, 0.6) is 5.75 Å². The van der Waals surface area contributed by atoms with Crippen molar-refractivity contribution in [3.63, 3.8) is 0 Å². The van der Waals surface area contributed by atoms with E-state index in [1.54, 1.807) is 6.07 Å². The molecule has 6 heteroatoms. The minimum Gasteiger partial charge on any atom is -0.486 e. The van der Waals surface area contributed by atoms with Crippen LogP contribution < -0.4 is 10.5 Å². The highest BCUT2D eigenvalue weighted by Gasteiger charge is 2.83. The second-order valence-corrected chi connectivity index (χ2v) is 10.4. The zero-order chi connectivity index (χ0) is 19.1. The number of carbonyl (C=O) groups is 1. The number of carbonyl (C=O) groups excluding carboxylic acids is 1. The van der Waals surface area contributed by atoms with Crippen LogP contribution in [0.25, 0.3) is 0 Å². The van der Waals surface area contributed by atoms with Crippen molar-refractivity contribution >= 4 is 5.91 Å². The first kappa shape index (κ1) is 16.2. The van der Waals surface area contributed by atoms with Crippen molar-refractivity contribution in [1.82, 2.24) is 4.90 Å². The lowest BCUT2D eigenvalue weighted by molar-refractivity contribution is -0.180. The third-order valence-corrected chi connectivity index (χ3v) is 8.91. The van der Waals surface area contributed by atoms with Crippen molar-refractivity contribution in [2.75, 3.05) is 13.1 Å². The first-order valence-electron chi connectivity index (χ1n) is 10.7. The highest BCUT2D eigenvalue weighted by Crippen LogP contribution is 2.75. The van der Waals surface area contributed by atoms with Gasteiger partial charge >= 0.3 is 0 Å². The number of primary amides is 1. The van der Waals surface area contributed by atoms with Crippen molar-refractivity contribution in [2.45, 2.75) is 67.8 Å². The van der Waals surface area contributed by atoms with Gasteiger partial charge in [-0.05, 0) is 56.1 Å². The van der Waals surface area contributed by atoms with Crippen LogP contribution in [0.4, 0.5) is 0 Å². The Kier molecular flexibility index (Phi) is 2.65. The van der Waals surface area contributed by atoms with E-state index >= 15 is 0 Å². The summed E-state index contributed by atoms with van der Waals surface area (Å²) < 4.78 is 6.31. The van der Waals surface area contributed by atoms with E-state index in [0.717, 1.165) is 37.4 Å². The summed E-state index contributed by atoms with van der Waals surface area (Å²) in [7, 11) is 0. The molecule has 2 spiro atoms. The lowest BCUT2D eigenvalue weighted by Gasteiger charge is -2.58. The second kappa shape index (κ2) is 4.58. The number of fused-ring (bicyclic) bond motifs is 1. The topological polar surface area (TPSA) is 96.0 Å². The fraction of sp³-hybridized carbons (Fsp3) is 0.682. The molecular formula is C22H26N2O4. The van der Waals surface area contributed by atoms with Gasteiger partial charge in [-0.1, -0.05) is 6.07 Å². The molecule has 0 aromatic heterocycles. The SMILES string of the molecule is NC(=O)c1ccc2c3c1OC1C(O)CCC4(O)C5N(CC6CC6)CC5(C2)CC314. The van der Waals surface area contributed by atoms with Gasteiger partial charge in [0.2, 0.25) is 0 Å². The summed E-state index contributed by atoms with van der Waals surface area (Å²) in [6.45, 7) is 2.10. The van der Waals surface area contributed by atoms with Crippen LogP contribution in [-0.4, -0.2) is 58.0 Å². The van der Waals surface area contributed by atoms with Crippen LogP contribution in [0.15, 0.2) is 12.1 Å². The molecule has 6 atom stereocenters. The van der Waals surface area contributed by atoms with Gasteiger partial charge < -0.3 is 20.7 Å². The predicted molar refractivity (Wildman–Crippen MR) is 100 cm³/mol. The Labute approximate surface area is 163 Å². The second-order valence-electron chi connectivity index (χ2n) is 10.4. The van der Waals surface area contributed by atoms with Gasteiger partial charge in [0.1, 0.15) is 11.9 Å². The molecular weight excluding hydrogens is 356 g/mol. The van der Waals surface area contributed by atoms with Gasteiger partial charge in [0, 0.05) is 30.1 Å². The zero-order valence-corrected chi connectivity index (χ0v) is 15.9. The summed E-state index contributed by atoms with van der Waals surface area (Å²) in [5.41, 5.74) is 6.68. The summed E-state index contributed by atoms with van der Waals surface area (Å²) in [6.07, 6.45) is 4.34. The number of rotatable bonds is 3. The van der Waals surface area contributed by atoms with Gasteiger partial charge in [-0.2, -0.15) is 0 Å². The molecule has 3 saturated carbocycles. The van der Waals surface area contributed by atoms with Crippen LogP contribution in [0, 0.1) is 11.3 Å². The largest absolute Gasteiger partial charge is 0.486 e. The summed E-state index contributed by atoms with van der Waals surface area (Å²) in [6, 6.07) is 3.91.